The third-order valence-electron chi connectivity index (χ3n) is 2.17. The first kappa shape index (κ1) is 12.5. The van der Waals surface area contributed by atoms with Gasteiger partial charge in [-0.15, -0.1) is 0 Å². The van der Waals surface area contributed by atoms with Gasteiger partial charge in [0.15, 0.2) is 0 Å². The highest BCUT2D eigenvalue weighted by atomic mass is 19.1. The summed E-state index contributed by atoms with van der Waals surface area (Å²) in [6.07, 6.45) is 0.902. The lowest BCUT2D eigenvalue weighted by Gasteiger charge is -2.08. The fourth-order valence-electron chi connectivity index (χ4n) is 1.20. The van der Waals surface area contributed by atoms with E-state index in [4.69, 9.17) is 10.5 Å². The maximum absolute atomic E-state index is 13.3. The molecule has 0 aliphatic carbocycles. The van der Waals surface area contributed by atoms with Crippen LogP contribution in [0.5, 0.6) is 5.75 Å². The molecule has 0 bridgehead atoms. The minimum absolute atomic E-state index is 0.115. The molecule has 4 heteroatoms. The molecular formula is C12H16FNO2. The SMILES string of the molecule is CC(C)CCOc1ccc(C(N)=O)c(F)c1. The van der Waals surface area contributed by atoms with Crippen LogP contribution in [0.2, 0.25) is 0 Å². The Labute approximate surface area is 94.4 Å². The average molecular weight is 225 g/mol. The number of amides is 1. The Morgan fingerprint density at radius 2 is 2.19 bits per heavy atom. The van der Waals surface area contributed by atoms with Crippen LogP contribution in [0.25, 0.3) is 0 Å². The zero-order valence-electron chi connectivity index (χ0n) is 9.50. The molecule has 0 saturated heterocycles. The summed E-state index contributed by atoms with van der Waals surface area (Å²) in [5.41, 5.74) is 4.87. The van der Waals surface area contributed by atoms with E-state index < -0.39 is 11.7 Å². The van der Waals surface area contributed by atoms with Gasteiger partial charge in [0.2, 0.25) is 0 Å². The van der Waals surface area contributed by atoms with Gasteiger partial charge in [-0.3, -0.25) is 4.79 Å². The second-order valence-corrected chi connectivity index (χ2v) is 4.04. The van der Waals surface area contributed by atoms with Crippen LogP contribution in [0.15, 0.2) is 18.2 Å². The standard InChI is InChI=1S/C12H16FNO2/c1-8(2)5-6-16-9-3-4-10(12(14)15)11(13)7-9/h3-4,7-8H,5-6H2,1-2H3,(H2,14,15). The van der Waals surface area contributed by atoms with Gasteiger partial charge in [0.05, 0.1) is 12.2 Å². The van der Waals surface area contributed by atoms with Gasteiger partial charge >= 0.3 is 0 Å². The summed E-state index contributed by atoms with van der Waals surface area (Å²) in [5, 5.41) is 0. The minimum atomic E-state index is -0.772. The van der Waals surface area contributed by atoms with Gasteiger partial charge in [-0.05, 0) is 24.5 Å². The van der Waals surface area contributed by atoms with Crippen LogP contribution in [-0.2, 0) is 0 Å². The lowest BCUT2D eigenvalue weighted by atomic mass is 10.1. The number of carbonyl (C=O) groups is 1. The molecule has 88 valence electrons. The first-order valence-corrected chi connectivity index (χ1v) is 5.23. The van der Waals surface area contributed by atoms with E-state index in [0.29, 0.717) is 18.3 Å². The van der Waals surface area contributed by atoms with E-state index in [2.05, 4.69) is 13.8 Å². The van der Waals surface area contributed by atoms with Crippen LogP contribution >= 0.6 is 0 Å². The van der Waals surface area contributed by atoms with Crippen molar-refractivity contribution in [2.24, 2.45) is 11.7 Å². The molecule has 16 heavy (non-hydrogen) atoms. The van der Waals surface area contributed by atoms with Crippen molar-refractivity contribution in [1.82, 2.24) is 0 Å². The highest BCUT2D eigenvalue weighted by Gasteiger charge is 2.08. The molecule has 3 nitrogen and oxygen atoms in total. The fraction of sp³-hybridized carbons (Fsp3) is 0.417. The van der Waals surface area contributed by atoms with Gasteiger partial charge in [0, 0.05) is 6.07 Å². The van der Waals surface area contributed by atoms with E-state index in [1.165, 1.54) is 12.1 Å². The van der Waals surface area contributed by atoms with Crippen molar-refractivity contribution in [3.63, 3.8) is 0 Å². The number of hydrogen-bond donors (Lipinski definition) is 1. The molecule has 0 aromatic heterocycles. The van der Waals surface area contributed by atoms with E-state index in [9.17, 15) is 9.18 Å². The predicted molar refractivity (Wildman–Crippen MR) is 59.9 cm³/mol. The van der Waals surface area contributed by atoms with Gasteiger partial charge in [0.1, 0.15) is 11.6 Å². The molecule has 1 rings (SSSR count). The Kier molecular flexibility index (Phi) is 4.28. The molecule has 0 aliphatic heterocycles. The highest BCUT2D eigenvalue weighted by molar-refractivity contribution is 5.93. The summed E-state index contributed by atoms with van der Waals surface area (Å²) in [4.78, 5) is 10.8. The Morgan fingerprint density at radius 3 is 2.69 bits per heavy atom. The van der Waals surface area contributed by atoms with Crippen molar-refractivity contribution in [3.8, 4) is 5.75 Å². The molecule has 0 saturated carbocycles. The minimum Gasteiger partial charge on any atom is -0.493 e. The zero-order valence-corrected chi connectivity index (χ0v) is 9.50. The maximum atomic E-state index is 13.3. The average Bonchev–Trinajstić information content (AvgIpc) is 2.16. The molecular weight excluding hydrogens is 209 g/mol. The predicted octanol–water partition coefficient (Wildman–Crippen LogP) is 2.35. The third-order valence-corrected chi connectivity index (χ3v) is 2.17. The number of hydrogen-bond acceptors (Lipinski definition) is 2. The molecule has 0 spiro atoms. The molecule has 0 unspecified atom stereocenters. The zero-order chi connectivity index (χ0) is 12.1. The van der Waals surface area contributed by atoms with E-state index in [0.717, 1.165) is 6.42 Å². The van der Waals surface area contributed by atoms with E-state index in [-0.39, 0.29) is 5.56 Å². The van der Waals surface area contributed by atoms with Gasteiger partial charge in [-0.2, -0.15) is 0 Å². The lowest BCUT2D eigenvalue weighted by Crippen LogP contribution is -2.13. The maximum Gasteiger partial charge on any atom is 0.251 e. The molecule has 1 aromatic rings. The number of carbonyl (C=O) groups excluding carboxylic acids is 1. The van der Waals surface area contributed by atoms with Crippen molar-refractivity contribution in [2.45, 2.75) is 20.3 Å². The third kappa shape index (κ3) is 3.53. The van der Waals surface area contributed by atoms with E-state index in [1.54, 1.807) is 6.07 Å². The Hall–Kier alpha value is -1.58. The summed E-state index contributed by atoms with van der Waals surface area (Å²) < 4.78 is 18.6. The van der Waals surface area contributed by atoms with Crippen molar-refractivity contribution in [1.29, 1.82) is 0 Å². The topological polar surface area (TPSA) is 52.3 Å². The Balaban J connectivity index is 2.63. The molecule has 0 atom stereocenters. The number of ether oxygens (including phenoxy) is 1. The monoisotopic (exact) mass is 225 g/mol. The van der Waals surface area contributed by atoms with Crippen molar-refractivity contribution >= 4 is 5.91 Å². The lowest BCUT2D eigenvalue weighted by molar-refractivity contribution is 0.0996. The number of rotatable bonds is 5. The number of benzene rings is 1. The molecule has 0 fully saturated rings. The molecule has 2 N–H and O–H groups in total. The first-order valence-electron chi connectivity index (χ1n) is 5.23. The molecule has 0 aliphatic rings. The van der Waals surface area contributed by atoms with Crippen LogP contribution in [-0.4, -0.2) is 12.5 Å². The Bertz CT molecular complexity index is 377. The van der Waals surface area contributed by atoms with Crippen LogP contribution in [0, 0.1) is 11.7 Å². The molecule has 1 amide bonds. The summed E-state index contributed by atoms with van der Waals surface area (Å²) in [6.45, 7) is 4.70. The van der Waals surface area contributed by atoms with Crippen molar-refractivity contribution in [2.75, 3.05) is 6.61 Å². The molecule has 1 aromatic carbocycles. The normalized spacial score (nSPS) is 10.5. The summed E-state index contributed by atoms with van der Waals surface area (Å²) >= 11 is 0. The number of nitrogens with two attached hydrogens (primary N) is 1. The summed E-state index contributed by atoms with van der Waals surface area (Å²) in [6, 6.07) is 4.06. The van der Waals surface area contributed by atoms with Crippen molar-refractivity contribution in [3.05, 3.63) is 29.6 Å². The molecule has 0 radical (unpaired) electrons. The quantitative estimate of drug-likeness (QED) is 0.836. The van der Waals surface area contributed by atoms with Gasteiger partial charge in [0.25, 0.3) is 5.91 Å². The van der Waals surface area contributed by atoms with Gasteiger partial charge in [-0.25, -0.2) is 4.39 Å². The molecule has 0 heterocycles. The highest BCUT2D eigenvalue weighted by Crippen LogP contribution is 2.17. The van der Waals surface area contributed by atoms with E-state index >= 15 is 0 Å². The fourth-order valence-corrected chi connectivity index (χ4v) is 1.20. The first-order chi connectivity index (χ1) is 7.50. The Morgan fingerprint density at radius 1 is 1.50 bits per heavy atom. The number of primary amides is 1. The van der Waals surface area contributed by atoms with Gasteiger partial charge in [-0.1, -0.05) is 13.8 Å². The summed E-state index contributed by atoms with van der Waals surface area (Å²) in [5.74, 6) is -0.460. The van der Waals surface area contributed by atoms with Crippen LogP contribution < -0.4 is 10.5 Å². The van der Waals surface area contributed by atoms with Gasteiger partial charge < -0.3 is 10.5 Å². The van der Waals surface area contributed by atoms with Crippen LogP contribution in [0.4, 0.5) is 4.39 Å². The smallest absolute Gasteiger partial charge is 0.251 e. The number of halogens is 1. The second kappa shape index (κ2) is 5.49. The largest absolute Gasteiger partial charge is 0.493 e. The van der Waals surface area contributed by atoms with E-state index in [1.807, 2.05) is 0 Å². The van der Waals surface area contributed by atoms with Crippen LogP contribution in [0.1, 0.15) is 30.6 Å². The summed E-state index contributed by atoms with van der Waals surface area (Å²) in [7, 11) is 0. The second-order valence-electron chi connectivity index (χ2n) is 4.04. The van der Waals surface area contributed by atoms with Crippen LogP contribution in [0.3, 0.4) is 0 Å². The van der Waals surface area contributed by atoms with Crippen molar-refractivity contribution < 1.29 is 13.9 Å².